The van der Waals surface area contributed by atoms with E-state index in [2.05, 4.69) is 22.8 Å². The number of rotatable bonds is 8. The van der Waals surface area contributed by atoms with E-state index in [-0.39, 0.29) is 41.8 Å². The maximum Gasteiger partial charge on any atom is 0.258 e. The van der Waals surface area contributed by atoms with Crippen LogP contribution in [0.15, 0.2) is 65.7 Å². The molecule has 2 aromatic carbocycles. The van der Waals surface area contributed by atoms with E-state index in [0.717, 1.165) is 35.4 Å². The Hall–Kier alpha value is -3.76. The standard InChI is InChI=1S/C31H37N5O2/c1-5-21(6-2)30(37)35-23-15-16-27(22(17-23)18-32)34-20(3)19-33-29-24-11-7-8-12-25(24)31(38)36(4)28-14-10-9-13-26(28)29/h7-16,20-23,29,33H,5-6,17,19H2,1-4H3,(H,35,37). The first kappa shape index (κ1) is 27.3. The second-order valence-corrected chi connectivity index (χ2v) is 10.2. The number of carbonyl (C=O) groups is 2. The van der Waals surface area contributed by atoms with Crippen molar-refractivity contribution in [3.63, 3.8) is 0 Å². The van der Waals surface area contributed by atoms with E-state index in [1.54, 1.807) is 4.90 Å². The number of amides is 2. The smallest absolute Gasteiger partial charge is 0.258 e. The molecule has 4 rings (SSSR count). The molecule has 4 atom stereocenters. The third kappa shape index (κ3) is 5.71. The van der Waals surface area contributed by atoms with Crippen LogP contribution in [0.5, 0.6) is 0 Å². The Balaban J connectivity index is 1.51. The average Bonchev–Trinajstić information content (AvgIpc) is 3.02. The summed E-state index contributed by atoms with van der Waals surface area (Å²) in [5, 5.41) is 16.6. The molecule has 1 aliphatic heterocycles. The number of anilines is 1. The molecule has 198 valence electrons. The summed E-state index contributed by atoms with van der Waals surface area (Å²) in [7, 11) is 1.81. The van der Waals surface area contributed by atoms with Crippen molar-refractivity contribution in [2.45, 2.75) is 58.2 Å². The summed E-state index contributed by atoms with van der Waals surface area (Å²) < 4.78 is 0. The predicted octanol–water partition coefficient (Wildman–Crippen LogP) is 4.81. The van der Waals surface area contributed by atoms with Crippen LogP contribution in [-0.4, -0.2) is 43.2 Å². The van der Waals surface area contributed by atoms with Crippen molar-refractivity contribution in [1.29, 1.82) is 5.26 Å². The largest absolute Gasteiger partial charge is 0.350 e. The third-order valence-electron chi connectivity index (χ3n) is 7.59. The molecule has 0 fully saturated rings. The first-order chi connectivity index (χ1) is 18.4. The Kier molecular flexibility index (Phi) is 8.75. The van der Waals surface area contributed by atoms with Gasteiger partial charge in [-0.1, -0.05) is 56.3 Å². The van der Waals surface area contributed by atoms with Gasteiger partial charge in [-0.3, -0.25) is 14.6 Å². The minimum absolute atomic E-state index is 0.000531. The van der Waals surface area contributed by atoms with Crippen molar-refractivity contribution < 1.29 is 9.59 Å². The highest BCUT2D eigenvalue weighted by molar-refractivity contribution is 6.08. The second kappa shape index (κ2) is 12.2. The third-order valence-corrected chi connectivity index (χ3v) is 7.59. The van der Waals surface area contributed by atoms with Gasteiger partial charge in [0.05, 0.1) is 29.8 Å². The summed E-state index contributed by atoms with van der Waals surface area (Å²) in [5.41, 5.74) is 4.29. The normalized spacial score (nSPS) is 22.4. The van der Waals surface area contributed by atoms with Crippen molar-refractivity contribution >= 4 is 23.2 Å². The average molecular weight is 512 g/mol. The molecule has 7 nitrogen and oxygen atoms in total. The molecule has 7 heteroatoms. The van der Waals surface area contributed by atoms with Crippen LogP contribution >= 0.6 is 0 Å². The van der Waals surface area contributed by atoms with Crippen LogP contribution < -0.4 is 15.5 Å². The number of para-hydroxylation sites is 1. The number of nitrogens with one attached hydrogen (secondary N) is 2. The summed E-state index contributed by atoms with van der Waals surface area (Å²) in [5.74, 6) is -0.354. The molecule has 2 N–H and O–H groups in total. The summed E-state index contributed by atoms with van der Waals surface area (Å²) in [6.45, 7) is 6.63. The summed E-state index contributed by atoms with van der Waals surface area (Å²) >= 11 is 0. The molecule has 2 aliphatic rings. The molecular formula is C31H37N5O2. The predicted molar refractivity (Wildman–Crippen MR) is 151 cm³/mol. The van der Waals surface area contributed by atoms with Crippen molar-refractivity contribution in [2.24, 2.45) is 16.8 Å². The Morgan fingerprint density at radius 1 is 1.13 bits per heavy atom. The zero-order valence-corrected chi connectivity index (χ0v) is 22.6. The monoisotopic (exact) mass is 511 g/mol. The number of benzene rings is 2. The van der Waals surface area contributed by atoms with Gasteiger partial charge in [0, 0.05) is 36.8 Å². The lowest BCUT2D eigenvalue weighted by atomic mass is 9.89. The highest BCUT2D eigenvalue weighted by Crippen LogP contribution is 2.36. The van der Waals surface area contributed by atoms with Crippen LogP contribution in [0.3, 0.4) is 0 Å². The van der Waals surface area contributed by atoms with E-state index < -0.39 is 0 Å². The van der Waals surface area contributed by atoms with Crippen LogP contribution in [-0.2, 0) is 4.79 Å². The van der Waals surface area contributed by atoms with E-state index in [4.69, 9.17) is 4.99 Å². The molecule has 0 bridgehead atoms. The fraction of sp³-hybridized carbons (Fsp3) is 0.419. The number of hydrogen-bond donors (Lipinski definition) is 2. The van der Waals surface area contributed by atoms with Gasteiger partial charge in [-0.15, -0.1) is 0 Å². The molecule has 0 spiro atoms. The fourth-order valence-electron chi connectivity index (χ4n) is 5.35. The molecule has 0 saturated carbocycles. The van der Waals surface area contributed by atoms with E-state index in [1.165, 1.54) is 0 Å². The van der Waals surface area contributed by atoms with Gasteiger partial charge in [-0.2, -0.15) is 5.26 Å². The van der Waals surface area contributed by atoms with Gasteiger partial charge in [0.15, 0.2) is 0 Å². The topological polar surface area (TPSA) is 97.6 Å². The van der Waals surface area contributed by atoms with Gasteiger partial charge in [0.25, 0.3) is 5.91 Å². The molecular weight excluding hydrogens is 474 g/mol. The zero-order chi connectivity index (χ0) is 27.2. The van der Waals surface area contributed by atoms with Gasteiger partial charge < -0.3 is 15.5 Å². The molecule has 38 heavy (non-hydrogen) atoms. The first-order valence-electron chi connectivity index (χ1n) is 13.5. The molecule has 2 amide bonds. The van der Waals surface area contributed by atoms with Crippen LogP contribution in [0.4, 0.5) is 5.69 Å². The Labute approximate surface area is 225 Å². The Morgan fingerprint density at radius 3 is 2.53 bits per heavy atom. The molecule has 1 heterocycles. The lowest BCUT2D eigenvalue weighted by Crippen LogP contribution is -2.41. The molecule has 0 radical (unpaired) electrons. The molecule has 0 saturated heterocycles. The molecule has 1 aliphatic carbocycles. The highest BCUT2D eigenvalue weighted by atomic mass is 16.2. The molecule has 2 aromatic rings. The first-order valence-corrected chi connectivity index (χ1v) is 13.5. The lowest BCUT2D eigenvalue weighted by Gasteiger charge is -2.26. The van der Waals surface area contributed by atoms with Gasteiger partial charge in [0.1, 0.15) is 0 Å². The maximum absolute atomic E-state index is 13.2. The van der Waals surface area contributed by atoms with E-state index in [0.29, 0.717) is 18.5 Å². The number of fused-ring (bicyclic) bond motifs is 2. The van der Waals surface area contributed by atoms with Gasteiger partial charge in [-0.05, 0) is 55.5 Å². The van der Waals surface area contributed by atoms with E-state index >= 15 is 0 Å². The molecule has 4 unspecified atom stereocenters. The number of carbonyl (C=O) groups excluding carboxylic acids is 2. The lowest BCUT2D eigenvalue weighted by molar-refractivity contribution is -0.125. The maximum atomic E-state index is 13.2. The zero-order valence-electron chi connectivity index (χ0n) is 22.6. The summed E-state index contributed by atoms with van der Waals surface area (Å²) in [4.78, 5) is 32.3. The number of nitriles is 1. The summed E-state index contributed by atoms with van der Waals surface area (Å²) in [6, 6.07) is 17.6. The Bertz CT molecular complexity index is 1270. The second-order valence-electron chi connectivity index (χ2n) is 10.2. The van der Waals surface area contributed by atoms with Crippen LogP contribution in [0, 0.1) is 23.2 Å². The van der Waals surface area contributed by atoms with Crippen molar-refractivity contribution in [3.05, 3.63) is 77.4 Å². The van der Waals surface area contributed by atoms with E-state index in [9.17, 15) is 14.9 Å². The number of nitrogens with zero attached hydrogens (tertiary/aromatic N) is 3. The van der Waals surface area contributed by atoms with Crippen molar-refractivity contribution in [2.75, 3.05) is 18.5 Å². The summed E-state index contributed by atoms with van der Waals surface area (Å²) in [6.07, 6.45) is 5.97. The minimum atomic E-state index is -0.375. The SMILES string of the molecule is CCC(CC)C(=O)NC1C=CC(=NC(C)CNC2c3ccccc3C(=O)N(C)c3ccccc32)C(C#N)C1. The van der Waals surface area contributed by atoms with Gasteiger partial charge in [0.2, 0.25) is 5.91 Å². The molecule has 0 aromatic heterocycles. The van der Waals surface area contributed by atoms with Gasteiger partial charge >= 0.3 is 0 Å². The van der Waals surface area contributed by atoms with Crippen LogP contribution in [0.1, 0.15) is 67.6 Å². The van der Waals surface area contributed by atoms with Crippen LogP contribution in [0.2, 0.25) is 0 Å². The number of allylic oxidation sites excluding steroid dienone is 1. The number of aliphatic imine (C=N–C) groups is 1. The quantitative estimate of drug-likeness (QED) is 0.532. The Morgan fingerprint density at radius 2 is 1.82 bits per heavy atom. The minimum Gasteiger partial charge on any atom is -0.350 e. The van der Waals surface area contributed by atoms with E-state index in [1.807, 2.05) is 82.4 Å². The fourth-order valence-corrected chi connectivity index (χ4v) is 5.35. The number of hydrogen-bond acceptors (Lipinski definition) is 5. The van der Waals surface area contributed by atoms with Crippen molar-refractivity contribution in [1.82, 2.24) is 10.6 Å². The van der Waals surface area contributed by atoms with Crippen LogP contribution in [0.25, 0.3) is 0 Å². The highest BCUT2D eigenvalue weighted by Gasteiger charge is 2.31. The van der Waals surface area contributed by atoms with Crippen molar-refractivity contribution in [3.8, 4) is 6.07 Å². The van der Waals surface area contributed by atoms with Gasteiger partial charge in [-0.25, -0.2) is 0 Å².